The first-order valence-corrected chi connectivity index (χ1v) is 19.3. The molecule has 0 unspecified atom stereocenters. The van der Waals surface area contributed by atoms with Gasteiger partial charge in [0, 0.05) is 54.8 Å². The molecule has 1 aromatic carbocycles. The van der Waals surface area contributed by atoms with Gasteiger partial charge in [0.25, 0.3) is 11.8 Å². The number of amides is 2. The van der Waals surface area contributed by atoms with Gasteiger partial charge >= 0.3 is 18.3 Å². The van der Waals surface area contributed by atoms with Crippen molar-refractivity contribution in [1.82, 2.24) is 14.8 Å². The van der Waals surface area contributed by atoms with Gasteiger partial charge in [0.2, 0.25) is 5.60 Å². The van der Waals surface area contributed by atoms with Gasteiger partial charge in [-0.3, -0.25) is 19.4 Å². The van der Waals surface area contributed by atoms with Crippen LogP contribution in [0.3, 0.4) is 0 Å². The molecule has 4 heterocycles. The molecular formula is C39H46F6N4O6S. The lowest BCUT2D eigenvalue weighted by Gasteiger charge is -2.51. The van der Waals surface area contributed by atoms with Crippen LogP contribution in [-0.2, 0) is 27.5 Å². The minimum Gasteiger partial charge on any atom is -0.493 e. The van der Waals surface area contributed by atoms with Crippen molar-refractivity contribution in [2.24, 2.45) is 11.1 Å². The van der Waals surface area contributed by atoms with Crippen LogP contribution in [0.25, 0.3) is 0 Å². The molecule has 2 saturated heterocycles. The zero-order valence-electron chi connectivity index (χ0n) is 31.3. The Balaban J connectivity index is 1.44. The number of ether oxygens (including phenoxy) is 2. The van der Waals surface area contributed by atoms with E-state index in [0.29, 0.717) is 41.9 Å². The largest absolute Gasteiger partial charge is 0.493 e. The number of thiophene rings is 1. The molecule has 0 aliphatic carbocycles. The first-order chi connectivity index (χ1) is 26.2. The van der Waals surface area contributed by atoms with Crippen molar-refractivity contribution in [1.29, 1.82) is 0 Å². The third-order valence-corrected chi connectivity index (χ3v) is 11.6. The van der Waals surface area contributed by atoms with Crippen molar-refractivity contribution in [2.45, 2.75) is 102 Å². The number of aliphatic carboxylic acids is 1. The Morgan fingerprint density at radius 2 is 1.70 bits per heavy atom. The number of pyridine rings is 1. The number of likely N-dealkylation sites (tertiary alicyclic amines) is 2. The molecule has 56 heavy (non-hydrogen) atoms. The highest BCUT2D eigenvalue weighted by molar-refractivity contribution is 7.10. The van der Waals surface area contributed by atoms with Gasteiger partial charge in [0.15, 0.2) is 0 Å². The second-order valence-electron chi connectivity index (χ2n) is 15.0. The van der Waals surface area contributed by atoms with Gasteiger partial charge < -0.3 is 30.1 Å². The number of carbonyl (C=O) groups excluding carboxylic acids is 2. The summed E-state index contributed by atoms with van der Waals surface area (Å²) in [5, 5.41) is 10.6. The number of aromatic nitrogens is 1. The molecule has 306 valence electrons. The van der Waals surface area contributed by atoms with E-state index >= 15 is 0 Å². The summed E-state index contributed by atoms with van der Waals surface area (Å²) in [6.07, 6.45) is -6.68. The Hall–Kier alpha value is -4.38. The highest BCUT2D eigenvalue weighted by Gasteiger charge is 2.56. The van der Waals surface area contributed by atoms with Crippen LogP contribution in [0.4, 0.5) is 26.3 Å². The molecule has 2 amide bonds. The molecular weight excluding hydrogens is 767 g/mol. The fraction of sp³-hybridized carbons (Fsp3) is 0.538. The molecule has 5 rings (SSSR count). The molecule has 0 bridgehead atoms. The lowest BCUT2D eigenvalue weighted by molar-refractivity contribution is -0.161. The van der Waals surface area contributed by atoms with Crippen LogP contribution in [0, 0.1) is 5.41 Å². The zero-order chi connectivity index (χ0) is 41.1. The number of nitrogens with two attached hydrogens (primary N) is 1. The quantitative estimate of drug-likeness (QED) is 0.131. The number of piperidine rings is 2. The van der Waals surface area contributed by atoms with Crippen molar-refractivity contribution < 1.29 is 55.3 Å². The SMILES string of the molecule is CCC[C@H]1N(C(=O)c2ncccc2C(F)(F)F)CCC[C@@]1(Oc1csc(C(F)(F)F)c1)C(=O)N1CCC(N)(c2ccccc2OCCCC(C)(C)C(=O)O)CC1. The van der Waals surface area contributed by atoms with E-state index in [-0.39, 0.29) is 64.1 Å². The van der Waals surface area contributed by atoms with Crippen LogP contribution < -0.4 is 15.2 Å². The van der Waals surface area contributed by atoms with Crippen LogP contribution in [0.1, 0.15) is 98.6 Å². The molecule has 0 saturated carbocycles. The smallest absolute Gasteiger partial charge is 0.425 e. The second-order valence-corrected chi connectivity index (χ2v) is 15.9. The number of rotatable bonds is 13. The van der Waals surface area contributed by atoms with E-state index in [1.165, 1.54) is 4.90 Å². The lowest BCUT2D eigenvalue weighted by atomic mass is 9.77. The van der Waals surface area contributed by atoms with Crippen LogP contribution in [0.2, 0.25) is 0 Å². The average molecular weight is 813 g/mol. The van der Waals surface area contributed by atoms with Crippen molar-refractivity contribution >= 4 is 29.1 Å². The summed E-state index contributed by atoms with van der Waals surface area (Å²) >= 11 is 0.377. The Kier molecular flexibility index (Phi) is 12.7. The Morgan fingerprint density at radius 1 is 1.00 bits per heavy atom. The van der Waals surface area contributed by atoms with Gasteiger partial charge in [-0.15, -0.1) is 11.3 Å². The highest BCUT2D eigenvalue weighted by atomic mass is 32.1. The average Bonchev–Trinajstić information content (AvgIpc) is 3.63. The molecule has 17 heteroatoms. The molecule has 2 aliphatic rings. The normalized spacial score (nSPS) is 20.4. The summed E-state index contributed by atoms with van der Waals surface area (Å²) in [4.78, 5) is 46.0. The predicted octanol–water partition coefficient (Wildman–Crippen LogP) is 8.15. The molecule has 0 spiro atoms. The Bertz CT molecular complexity index is 1880. The number of carboxylic acids is 1. The summed E-state index contributed by atoms with van der Waals surface area (Å²) in [6.45, 7) is 5.42. The van der Waals surface area contributed by atoms with Gasteiger partial charge in [-0.25, -0.2) is 0 Å². The number of para-hydroxylation sites is 1. The number of carbonyl (C=O) groups is 3. The fourth-order valence-electron chi connectivity index (χ4n) is 7.53. The first-order valence-electron chi connectivity index (χ1n) is 18.5. The third-order valence-electron chi connectivity index (χ3n) is 10.7. The van der Waals surface area contributed by atoms with E-state index in [4.69, 9.17) is 15.2 Å². The third kappa shape index (κ3) is 9.09. The van der Waals surface area contributed by atoms with E-state index in [1.54, 1.807) is 39.0 Å². The second kappa shape index (κ2) is 16.6. The molecule has 2 aromatic heterocycles. The van der Waals surface area contributed by atoms with Crippen molar-refractivity contribution in [3.8, 4) is 11.5 Å². The minimum atomic E-state index is -4.91. The number of benzene rings is 1. The molecule has 10 nitrogen and oxygen atoms in total. The number of hydrogen-bond donors (Lipinski definition) is 2. The van der Waals surface area contributed by atoms with Crippen LogP contribution in [0.15, 0.2) is 54.0 Å². The van der Waals surface area contributed by atoms with Gasteiger partial charge in [0.05, 0.1) is 23.6 Å². The summed E-state index contributed by atoms with van der Waals surface area (Å²) in [7, 11) is 0. The maximum absolute atomic E-state index is 15.0. The Morgan fingerprint density at radius 3 is 2.32 bits per heavy atom. The summed E-state index contributed by atoms with van der Waals surface area (Å²) in [6, 6.07) is 8.59. The maximum Gasteiger partial charge on any atom is 0.425 e. The molecule has 2 atom stereocenters. The van der Waals surface area contributed by atoms with Crippen LogP contribution >= 0.6 is 11.3 Å². The van der Waals surface area contributed by atoms with E-state index in [1.807, 2.05) is 6.07 Å². The summed E-state index contributed by atoms with van der Waals surface area (Å²) < 4.78 is 95.7. The van der Waals surface area contributed by atoms with E-state index in [0.717, 1.165) is 34.7 Å². The van der Waals surface area contributed by atoms with E-state index in [9.17, 15) is 45.8 Å². The summed E-state index contributed by atoms with van der Waals surface area (Å²) in [5.74, 6) is -2.33. The molecule has 3 N–H and O–H groups in total. The Labute approximate surface area is 325 Å². The zero-order valence-corrected chi connectivity index (χ0v) is 32.2. The van der Waals surface area contributed by atoms with Crippen molar-refractivity contribution in [2.75, 3.05) is 26.2 Å². The number of hydrogen-bond acceptors (Lipinski definition) is 8. The topological polar surface area (TPSA) is 135 Å². The number of carboxylic acid groups (broad SMARTS) is 1. The molecule has 2 aliphatic heterocycles. The monoisotopic (exact) mass is 812 g/mol. The standard InChI is InChI=1S/C39H46F6N4O6S/c1-4-10-29-37(55-25-23-30(56-24-25)39(43,44)45,15-8-19-49(29)32(50)31-27(38(40,41)42)12-7-18-47-31)33(51)48-20-16-36(46,17-21-48)26-11-5-6-13-28(26)54-22-9-14-35(2,3)34(52)53/h5-7,11-13,18,23-24,29H,4,8-10,14-17,19-22,46H2,1-3H3,(H,52,53)/t29-,37+/m1/s1. The van der Waals surface area contributed by atoms with Gasteiger partial charge in [0.1, 0.15) is 22.1 Å². The predicted molar refractivity (Wildman–Crippen MR) is 195 cm³/mol. The van der Waals surface area contributed by atoms with E-state index < -0.39 is 68.9 Å². The highest BCUT2D eigenvalue weighted by Crippen LogP contribution is 2.44. The van der Waals surface area contributed by atoms with Gasteiger partial charge in [-0.2, -0.15) is 26.3 Å². The minimum absolute atomic E-state index is 0.0224. The van der Waals surface area contributed by atoms with Crippen molar-refractivity contribution in [3.63, 3.8) is 0 Å². The van der Waals surface area contributed by atoms with Gasteiger partial charge in [-0.1, -0.05) is 31.5 Å². The van der Waals surface area contributed by atoms with E-state index in [2.05, 4.69) is 4.98 Å². The number of nitrogens with zero attached hydrogens (tertiary/aromatic N) is 3. The number of alkyl halides is 6. The lowest BCUT2D eigenvalue weighted by Crippen LogP contribution is -2.69. The van der Waals surface area contributed by atoms with Gasteiger partial charge in [-0.05, 0) is 70.6 Å². The summed E-state index contributed by atoms with van der Waals surface area (Å²) in [5.41, 5.74) is 1.73. The van der Waals surface area contributed by atoms with Crippen molar-refractivity contribution in [3.05, 3.63) is 75.7 Å². The van der Waals surface area contributed by atoms with Crippen LogP contribution in [-0.4, -0.2) is 75.6 Å². The molecule has 0 radical (unpaired) electrons. The molecule has 3 aromatic rings. The van der Waals surface area contributed by atoms with Crippen LogP contribution in [0.5, 0.6) is 11.5 Å². The maximum atomic E-state index is 15.0. The number of halogens is 6. The molecule has 2 fully saturated rings. The first kappa shape index (κ1) is 42.8. The fourth-order valence-corrected chi connectivity index (χ4v) is 8.21.